The summed E-state index contributed by atoms with van der Waals surface area (Å²) in [5, 5.41) is 4.50. The van der Waals surface area contributed by atoms with Crippen LogP contribution in [0.5, 0.6) is 0 Å². The summed E-state index contributed by atoms with van der Waals surface area (Å²) in [4.78, 5) is 27.3. The first kappa shape index (κ1) is 19.9. The zero-order chi connectivity index (χ0) is 19.6. The molecule has 0 radical (unpaired) electrons. The van der Waals surface area contributed by atoms with Crippen LogP contribution in [0.2, 0.25) is 0 Å². The molecule has 2 fully saturated rings. The summed E-state index contributed by atoms with van der Waals surface area (Å²) < 4.78 is 7.04. The number of amides is 1. The zero-order valence-electron chi connectivity index (χ0n) is 17.2. The van der Waals surface area contributed by atoms with Crippen molar-refractivity contribution >= 4 is 11.9 Å². The molecule has 1 amide bonds. The van der Waals surface area contributed by atoms with E-state index in [4.69, 9.17) is 4.74 Å². The second kappa shape index (κ2) is 8.44. The molecule has 1 aromatic heterocycles. The first-order chi connectivity index (χ1) is 12.9. The van der Waals surface area contributed by atoms with Gasteiger partial charge in [-0.25, -0.2) is 0 Å². The summed E-state index contributed by atoms with van der Waals surface area (Å²) in [6.45, 7) is 7.55. The van der Waals surface area contributed by atoms with Gasteiger partial charge in [0.25, 0.3) is 0 Å². The van der Waals surface area contributed by atoms with Gasteiger partial charge in [0.2, 0.25) is 5.91 Å². The average Bonchev–Trinajstić information content (AvgIpc) is 3.39. The molecule has 2 atom stereocenters. The van der Waals surface area contributed by atoms with Crippen LogP contribution in [-0.2, 0) is 27.9 Å². The van der Waals surface area contributed by atoms with Gasteiger partial charge in [-0.3, -0.25) is 14.3 Å². The third-order valence-corrected chi connectivity index (χ3v) is 6.24. The Kier molecular flexibility index (Phi) is 6.22. The molecular formula is C21H33N3O3. The van der Waals surface area contributed by atoms with Crippen LogP contribution < -0.4 is 0 Å². The molecule has 0 bridgehead atoms. The highest BCUT2D eigenvalue weighted by molar-refractivity contribution is 5.80. The van der Waals surface area contributed by atoms with E-state index in [0.29, 0.717) is 19.7 Å². The number of esters is 1. The maximum Gasteiger partial charge on any atom is 0.309 e. The van der Waals surface area contributed by atoms with Crippen LogP contribution in [0.3, 0.4) is 0 Å². The Morgan fingerprint density at radius 3 is 2.52 bits per heavy atom. The van der Waals surface area contributed by atoms with Crippen LogP contribution in [0.1, 0.15) is 62.4 Å². The number of ether oxygens (including phenoxy) is 1. The van der Waals surface area contributed by atoms with Gasteiger partial charge in [0.15, 0.2) is 0 Å². The summed E-state index contributed by atoms with van der Waals surface area (Å²) in [5.41, 5.74) is 3.22. The molecule has 1 aromatic rings. The number of aromatic nitrogens is 2. The predicted molar refractivity (Wildman–Crippen MR) is 103 cm³/mol. The van der Waals surface area contributed by atoms with Gasteiger partial charge >= 0.3 is 5.97 Å². The van der Waals surface area contributed by atoms with E-state index in [2.05, 4.69) is 12.0 Å². The van der Waals surface area contributed by atoms with Gasteiger partial charge in [-0.15, -0.1) is 0 Å². The fraction of sp³-hybridized carbons (Fsp3) is 0.762. The number of hydrogen-bond donors (Lipinski definition) is 0. The van der Waals surface area contributed by atoms with E-state index in [1.54, 1.807) is 0 Å². The highest BCUT2D eigenvalue weighted by Crippen LogP contribution is 2.41. The van der Waals surface area contributed by atoms with Crippen LogP contribution in [-0.4, -0.2) is 39.7 Å². The maximum atomic E-state index is 13.3. The minimum absolute atomic E-state index is 0.0392. The number of aryl methyl sites for hydroxylation is 2. The molecule has 2 aliphatic rings. The second-order valence-corrected chi connectivity index (χ2v) is 8.18. The van der Waals surface area contributed by atoms with Gasteiger partial charge in [0, 0.05) is 37.3 Å². The minimum Gasteiger partial charge on any atom is -0.466 e. The molecule has 0 spiro atoms. The Hall–Kier alpha value is -1.85. The summed E-state index contributed by atoms with van der Waals surface area (Å²) >= 11 is 0. The smallest absolute Gasteiger partial charge is 0.309 e. The molecule has 0 aliphatic heterocycles. The van der Waals surface area contributed by atoms with Gasteiger partial charge in [-0.1, -0.05) is 19.3 Å². The number of hydrogen-bond acceptors (Lipinski definition) is 4. The third-order valence-electron chi connectivity index (χ3n) is 6.24. The lowest BCUT2D eigenvalue weighted by atomic mass is 9.88. The van der Waals surface area contributed by atoms with E-state index in [1.165, 1.54) is 6.42 Å². The summed E-state index contributed by atoms with van der Waals surface area (Å²) in [6.07, 6.45) is 6.34. The van der Waals surface area contributed by atoms with Crippen molar-refractivity contribution < 1.29 is 14.3 Å². The number of carbonyl (C=O) groups excluding carboxylic acids is 2. The SMILES string of the molecule is CCOC(=O)[C@@H]1C[C@@H]1CN(Cc1c(C)nn(C)c1C)C(=O)C1CCCCC1. The van der Waals surface area contributed by atoms with Gasteiger partial charge in [0.05, 0.1) is 18.2 Å². The first-order valence-corrected chi connectivity index (χ1v) is 10.4. The van der Waals surface area contributed by atoms with Gasteiger partial charge in [-0.2, -0.15) is 5.10 Å². The second-order valence-electron chi connectivity index (χ2n) is 8.18. The fourth-order valence-corrected chi connectivity index (χ4v) is 4.35. The highest BCUT2D eigenvalue weighted by Gasteiger charge is 2.46. The van der Waals surface area contributed by atoms with Crippen LogP contribution in [0.4, 0.5) is 0 Å². The molecule has 1 heterocycles. The number of nitrogens with zero attached hydrogens (tertiary/aromatic N) is 3. The van der Waals surface area contributed by atoms with Gasteiger partial charge < -0.3 is 9.64 Å². The molecule has 2 aliphatic carbocycles. The van der Waals surface area contributed by atoms with Crippen molar-refractivity contribution in [2.75, 3.05) is 13.2 Å². The van der Waals surface area contributed by atoms with Gasteiger partial charge in [-0.05, 0) is 46.0 Å². The lowest BCUT2D eigenvalue weighted by Crippen LogP contribution is -2.38. The predicted octanol–water partition coefficient (Wildman–Crippen LogP) is 3.15. The molecule has 6 heteroatoms. The maximum absolute atomic E-state index is 13.3. The lowest BCUT2D eigenvalue weighted by Gasteiger charge is -2.30. The van der Waals surface area contributed by atoms with Crippen molar-refractivity contribution in [3.05, 3.63) is 17.0 Å². The van der Waals surface area contributed by atoms with E-state index in [9.17, 15) is 9.59 Å². The molecule has 0 saturated heterocycles. The molecule has 3 rings (SSSR count). The minimum atomic E-state index is -0.110. The Bertz CT molecular complexity index is 691. The quantitative estimate of drug-likeness (QED) is 0.687. The summed E-state index contributed by atoms with van der Waals surface area (Å²) in [7, 11) is 1.94. The Balaban J connectivity index is 1.72. The van der Waals surface area contributed by atoms with Crippen molar-refractivity contribution in [3.63, 3.8) is 0 Å². The molecule has 0 aromatic carbocycles. The molecule has 2 saturated carbocycles. The highest BCUT2D eigenvalue weighted by atomic mass is 16.5. The van der Waals surface area contributed by atoms with Crippen LogP contribution in [0, 0.1) is 31.6 Å². The third kappa shape index (κ3) is 4.53. The molecule has 27 heavy (non-hydrogen) atoms. The fourth-order valence-electron chi connectivity index (χ4n) is 4.35. The van der Waals surface area contributed by atoms with Crippen molar-refractivity contribution in [1.29, 1.82) is 0 Å². The van der Waals surface area contributed by atoms with Crippen molar-refractivity contribution in [3.8, 4) is 0 Å². The zero-order valence-corrected chi connectivity index (χ0v) is 17.2. The normalized spacial score (nSPS) is 22.5. The monoisotopic (exact) mass is 375 g/mol. The number of carbonyl (C=O) groups is 2. The van der Waals surface area contributed by atoms with Crippen LogP contribution in [0.25, 0.3) is 0 Å². The number of rotatable bonds is 7. The Morgan fingerprint density at radius 1 is 1.22 bits per heavy atom. The van der Waals surface area contributed by atoms with Crippen molar-refractivity contribution in [1.82, 2.24) is 14.7 Å². The van der Waals surface area contributed by atoms with E-state index in [1.807, 2.05) is 30.5 Å². The van der Waals surface area contributed by atoms with Gasteiger partial charge in [0.1, 0.15) is 0 Å². The lowest BCUT2D eigenvalue weighted by molar-refractivity contribution is -0.145. The van der Waals surface area contributed by atoms with E-state index in [-0.39, 0.29) is 29.6 Å². The molecule has 0 N–H and O–H groups in total. The first-order valence-electron chi connectivity index (χ1n) is 10.4. The molecule has 0 unspecified atom stereocenters. The Labute approximate surface area is 162 Å². The van der Waals surface area contributed by atoms with Crippen molar-refractivity contribution in [2.45, 2.75) is 65.8 Å². The van der Waals surface area contributed by atoms with E-state index in [0.717, 1.165) is 49.1 Å². The standard InChI is InChI=1S/C21H33N3O3/c1-5-27-21(26)18-11-17(18)12-24(20(25)16-9-7-6-8-10-16)13-19-14(2)22-23(4)15(19)3/h16-18H,5-13H2,1-4H3/t17-,18-/m1/s1. The average molecular weight is 376 g/mol. The molecular weight excluding hydrogens is 342 g/mol. The van der Waals surface area contributed by atoms with E-state index < -0.39 is 0 Å². The Morgan fingerprint density at radius 2 is 1.93 bits per heavy atom. The van der Waals surface area contributed by atoms with Crippen LogP contribution in [0.15, 0.2) is 0 Å². The summed E-state index contributed by atoms with van der Waals surface area (Å²) in [5.74, 6) is 0.473. The molecule has 6 nitrogen and oxygen atoms in total. The van der Waals surface area contributed by atoms with Crippen molar-refractivity contribution in [2.24, 2.45) is 24.8 Å². The summed E-state index contributed by atoms with van der Waals surface area (Å²) in [6, 6.07) is 0. The van der Waals surface area contributed by atoms with Crippen LogP contribution >= 0.6 is 0 Å². The largest absolute Gasteiger partial charge is 0.466 e. The molecule has 150 valence electrons. The topological polar surface area (TPSA) is 64.4 Å². The van der Waals surface area contributed by atoms with E-state index >= 15 is 0 Å².